The second kappa shape index (κ2) is 4.59. The van der Waals surface area contributed by atoms with Crippen molar-refractivity contribution in [3.05, 3.63) is 34.9 Å². The van der Waals surface area contributed by atoms with Gasteiger partial charge < -0.3 is 4.90 Å². The Kier molecular flexibility index (Phi) is 3.01. The summed E-state index contributed by atoms with van der Waals surface area (Å²) >= 11 is 0. The maximum atomic E-state index is 12.5. The van der Waals surface area contributed by atoms with E-state index in [1.54, 1.807) is 17.0 Å². The number of hydrogen-bond acceptors (Lipinski definition) is 4. The van der Waals surface area contributed by atoms with E-state index in [1.807, 2.05) is 13.1 Å². The number of carbonyl (C=O) groups is 2. The van der Waals surface area contributed by atoms with Crippen LogP contribution in [0.15, 0.2) is 18.2 Å². The van der Waals surface area contributed by atoms with Crippen LogP contribution < -0.4 is 0 Å². The van der Waals surface area contributed by atoms with Gasteiger partial charge in [0, 0.05) is 13.6 Å². The molecule has 20 heavy (non-hydrogen) atoms. The smallest absolute Gasteiger partial charge is 0.345 e. The van der Waals surface area contributed by atoms with Crippen molar-refractivity contribution in [2.75, 3.05) is 13.6 Å². The van der Waals surface area contributed by atoms with Crippen molar-refractivity contribution >= 4 is 11.9 Å². The quantitative estimate of drug-likeness (QED) is 0.625. The summed E-state index contributed by atoms with van der Waals surface area (Å²) in [5.41, 5.74) is 2.11. The first-order chi connectivity index (χ1) is 9.55. The molecular weight excluding hydrogens is 258 g/mol. The Bertz CT molecular complexity index is 583. The van der Waals surface area contributed by atoms with Crippen molar-refractivity contribution in [2.45, 2.75) is 25.7 Å². The van der Waals surface area contributed by atoms with Crippen LogP contribution in [-0.4, -0.2) is 35.6 Å². The molecule has 2 aliphatic rings. The molecular formula is C15H17NO4. The molecule has 1 saturated heterocycles. The van der Waals surface area contributed by atoms with E-state index in [1.165, 1.54) is 0 Å². The molecule has 1 fully saturated rings. The normalized spacial score (nSPS) is 24.9. The zero-order valence-electron chi connectivity index (χ0n) is 11.4. The second-order valence-electron chi connectivity index (χ2n) is 5.83. The van der Waals surface area contributed by atoms with Crippen molar-refractivity contribution < 1.29 is 19.7 Å². The number of carbonyl (C=O) groups excluding carboxylic acids is 2. The molecule has 1 atom stereocenters. The molecule has 106 valence electrons. The lowest BCUT2D eigenvalue weighted by molar-refractivity contribution is -0.182. The second-order valence-corrected chi connectivity index (χ2v) is 5.83. The number of amides is 1. The van der Waals surface area contributed by atoms with Crippen LogP contribution in [0.25, 0.3) is 0 Å². The Labute approximate surface area is 117 Å². The predicted octanol–water partition coefficient (Wildman–Crippen LogP) is 1.65. The minimum Gasteiger partial charge on any atom is -0.345 e. The fourth-order valence-electron chi connectivity index (χ4n) is 3.53. The van der Waals surface area contributed by atoms with Gasteiger partial charge in [0.05, 0.1) is 11.0 Å². The van der Waals surface area contributed by atoms with Gasteiger partial charge in [-0.05, 0) is 48.9 Å². The van der Waals surface area contributed by atoms with E-state index in [2.05, 4.69) is 4.89 Å². The Morgan fingerprint density at radius 1 is 1.35 bits per heavy atom. The Hall–Kier alpha value is -1.88. The summed E-state index contributed by atoms with van der Waals surface area (Å²) in [6.45, 7) is 0.818. The zero-order valence-corrected chi connectivity index (χ0v) is 11.4. The molecule has 0 radical (unpaired) electrons. The molecule has 0 saturated carbocycles. The SMILES string of the molecule is CN1CCC[C@@]2(Cc3ccc(C(=O)OO)cc3C2)C1=O. The van der Waals surface area contributed by atoms with Gasteiger partial charge in [-0.15, -0.1) is 0 Å². The van der Waals surface area contributed by atoms with Gasteiger partial charge in [0.25, 0.3) is 0 Å². The maximum absolute atomic E-state index is 12.5. The number of piperidine rings is 1. The van der Waals surface area contributed by atoms with Gasteiger partial charge in [-0.25, -0.2) is 4.79 Å². The maximum Gasteiger partial charge on any atom is 0.372 e. The topological polar surface area (TPSA) is 66.8 Å². The van der Waals surface area contributed by atoms with Crippen LogP contribution in [0.1, 0.15) is 34.3 Å². The van der Waals surface area contributed by atoms with Crippen molar-refractivity contribution in [1.29, 1.82) is 0 Å². The Morgan fingerprint density at radius 2 is 2.10 bits per heavy atom. The summed E-state index contributed by atoms with van der Waals surface area (Å²) in [5.74, 6) is -0.563. The molecule has 1 heterocycles. The van der Waals surface area contributed by atoms with Crippen LogP contribution in [0, 0.1) is 5.41 Å². The molecule has 5 heteroatoms. The van der Waals surface area contributed by atoms with Crippen molar-refractivity contribution in [1.82, 2.24) is 4.90 Å². The van der Waals surface area contributed by atoms with E-state index >= 15 is 0 Å². The van der Waals surface area contributed by atoms with Gasteiger partial charge >= 0.3 is 5.97 Å². The summed E-state index contributed by atoms with van der Waals surface area (Å²) < 4.78 is 0. The zero-order chi connectivity index (χ0) is 14.3. The van der Waals surface area contributed by atoms with Crippen LogP contribution in [0.3, 0.4) is 0 Å². The Morgan fingerprint density at radius 3 is 2.85 bits per heavy atom. The summed E-state index contributed by atoms with van der Waals surface area (Å²) in [4.78, 5) is 29.4. The highest BCUT2D eigenvalue weighted by Gasteiger charge is 2.46. The molecule has 5 nitrogen and oxygen atoms in total. The van der Waals surface area contributed by atoms with Crippen LogP contribution in [0.2, 0.25) is 0 Å². The van der Waals surface area contributed by atoms with Gasteiger partial charge in [0.2, 0.25) is 5.91 Å². The van der Waals surface area contributed by atoms with Crippen molar-refractivity contribution in [3.63, 3.8) is 0 Å². The molecule has 0 unspecified atom stereocenters. The van der Waals surface area contributed by atoms with E-state index in [0.717, 1.165) is 36.9 Å². The number of fused-ring (bicyclic) bond motifs is 1. The average molecular weight is 275 g/mol. The van der Waals surface area contributed by atoms with E-state index in [9.17, 15) is 9.59 Å². The first-order valence-electron chi connectivity index (χ1n) is 6.79. The van der Waals surface area contributed by atoms with Crippen LogP contribution in [-0.2, 0) is 22.5 Å². The minimum absolute atomic E-state index is 0.200. The van der Waals surface area contributed by atoms with E-state index in [-0.39, 0.29) is 11.3 Å². The molecule has 1 aromatic carbocycles. The number of likely N-dealkylation sites (tertiary alicyclic amines) is 1. The summed E-state index contributed by atoms with van der Waals surface area (Å²) in [6, 6.07) is 5.22. The molecule has 1 amide bonds. The molecule has 1 aliphatic heterocycles. The van der Waals surface area contributed by atoms with Gasteiger partial charge in [-0.2, -0.15) is 5.26 Å². The van der Waals surface area contributed by atoms with Gasteiger partial charge in [-0.3, -0.25) is 9.68 Å². The molecule has 0 aromatic heterocycles. The predicted molar refractivity (Wildman–Crippen MR) is 71.2 cm³/mol. The fourth-order valence-corrected chi connectivity index (χ4v) is 3.53. The van der Waals surface area contributed by atoms with E-state index < -0.39 is 5.97 Å². The molecule has 1 N–H and O–H groups in total. The third kappa shape index (κ3) is 1.89. The third-order valence-electron chi connectivity index (χ3n) is 4.53. The lowest BCUT2D eigenvalue weighted by Gasteiger charge is -2.37. The third-order valence-corrected chi connectivity index (χ3v) is 4.53. The molecule has 3 rings (SSSR count). The summed E-state index contributed by atoms with van der Waals surface area (Å²) in [5, 5.41) is 8.45. The largest absolute Gasteiger partial charge is 0.372 e. The van der Waals surface area contributed by atoms with Gasteiger partial charge in [0.1, 0.15) is 0 Å². The van der Waals surface area contributed by atoms with Gasteiger partial charge in [-0.1, -0.05) is 6.07 Å². The lowest BCUT2D eigenvalue weighted by atomic mass is 9.76. The monoisotopic (exact) mass is 275 g/mol. The molecule has 1 aromatic rings. The summed E-state index contributed by atoms with van der Waals surface area (Å²) in [7, 11) is 1.85. The van der Waals surface area contributed by atoms with Crippen molar-refractivity contribution in [2.24, 2.45) is 5.41 Å². The van der Waals surface area contributed by atoms with Crippen LogP contribution >= 0.6 is 0 Å². The average Bonchev–Trinajstić information content (AvgIpc) is 2.82. The highest BCUT2D eigenvalue weighted by Crippen LogP contribution is 2.44. The molecule has 1 aliphatic carbocycles. The number of benzene rings is 1. The standard InChI is InChI=1S/C15H17NO4/c1-16-6-2-5-15(14(16)18)8-11-4-3-10(13(17)20-19)7-12(11)9-15/h3-4,7,19H,2,5-6,8-9H2,1H3/t15-/m0/s1. The van der Waals surface area contributed by atoms with E-state index in [0.29, 0.717) is 12.0 Å². The first-order valence-corrected chi connectivity index (χ1v) is 6.79. The first kappa shape index (κ1) is 13.1. The van der Waals surface area contributed by atoms with Crippen LogP contribution in [0.4, 0.5) is 0 Å². The minimum atomic E-state index is -0.763. The summed E-state index contributed by atoms with van der Waals surface area (Å²) in [6.07, 6.45) is 3.31. The molecule has 0 bridgehead atoms. The number of hydrogen-bond donors (Lipinski definition) is 1. The number of nitrogens with zero attached hydrogens (tertiary/aromatic N) is 1. The highest BCUT2D eigenvalue weighted by molar-refractivity contribution is 5.90. The lowest BCUT2D eigenvalue weighted by Crippen LogP contribution is -2.47. The Balaban J connectivity index is 1.92. The highest BCUT2D eigenvalue weighted by atomic mass is 17.1. The van der Waals surface area contributed by atoms with E-state index in [4.69, 9.17) is 5.26 Å². The fraction of sp³-hybridized carbons (Fsp3) is 0.467. The number of rotatable bonds is 1. The van der Waals surface area contributed by atoms with Crippen molar-refractivity contribution in [3.8, 4) is 0 Å². The molecule has 1 spiro atoms. The van der Waals surface area contributed by atoms with Crippen LogP contribution in [0.5, 0.6) is 0 Å². The van der Waals surface area contributed by atoms with Gasteiger partial charge in [0.15, 0.2) is 0 Å².